The van der Waals surface area contributed by atoms with Crippen LogP contribution in [0, 0.1) is 23.2 Å². The summed E-state index contributed by atoms with van der Waals surface area (Å²) in [6, 6.07) is 35.4. The first kappa shape index (κ1) is 31.5. The van der Waals surface area contributed by atoms with Crippen LogP contribution in [0.5, 0.6) is 11.5 Å². The first-order valence-electron chi connectivity index (χ1n) is 17.6. The molecule has 4 aromatic rings. The van der Waals surface area contributed by atoms with Gasteiger partial charge in [0, 0.05) is 27.4 Å². The predicted molar refractivity (Wildman–Crippen MR) is 198 cm³/mol. The molecular weight excluding hydrogens is 614 g/mol. The summed E-state index contributed by atoms with van der Waals surface area (Å²) in [4.78, 5) is 0. The van der Waals surface area contributed by atoms with E-state index in [1.807, 2.05) is 0 Å². The Morgan fingerprint density at radius 1 is 0.723 bits per heavy atom. The molecule has 244 valence electrons. The average molecular weight is 662 g/mol. The molecule has 5 heteroatoms. The summed E-state index contributed by atoms with van der Waals surface area (Å²) in [6.45, 7) is 11.0. The highest BCUT2D eigenvalue weighted by Crippen LogP contribution is 2.65. The standard InChI is InChI=1S/C42H48NO2PS/c1-40(2,3)47(44)43-39(42-25-28-22-29(26-42)24-30(23-28)27-42)33-18-12-19-34-37(33)45-38-35(41(34,4)5)20-13-21-36(38)46(31-14-8-6-9-15-31)32-16-10-7-11-17-32/h6-21,28-30,39,43H,22-27H2,1-5H3/t28?,29?,30?,39-,42?,47?/m0/s1. The normalized spacial score (nSPS) is 26.7. The van der Waals surface area contributed by atoms with E-state index < -0.39 is 18.9 Å². The third kappa shape index (κ3) is 5.44. The van der Waals surface area contributed by atoms with E-state index in [0.717, 1.165) is 29.3 Å². The topological polar surface area (TPSA) is 38.3 Å². The molecule has 2 atom stereocenters. The zero-order chi connectivity index (χ0) is 32.6. The van der Waals surface area contributed by atoms with Crippen molar-refractivity contribution in [2.45, 2.75) is 89.3 Å². The highest BCUT2D eigenvalue weighted by atomic mass is 32.2. The van der Waals surface area contributed by atoms with Crippen LogP contribution in [0.4, 0.5) is 0 Å². The van der Waals surface area contributed by atoms with Gasteiger partial charge in [-0.3, -0.25) is 0 Å². The van der Waals surface area contributed by atoms with Gasteiger partial charge in [0.15, 0.2) is 0 Å². The van der Waals surface area contributed by atoms with Gasteiger partial charge in [0.1, 0.15) is 11.5 Å². The molecule has 0 spiro atoms. The number of rotatable bonds is 7. The van der Waals surface area contributed by atoms with Crippen molar-refractivity contribution in [1.82, 2.24) is 4.72 Å². The summed E-state index contributed by atoms with van der Waals surface area (Å²) in [7, 11) is -2.07. The SMILES string of the molecule is CC1(C)c2cccc([C@H](NS(=O)C(C)(C)C)C34CC5CC(CC(C5)C3)C4)c2Oc2c(P(c3ccccc3)c3ccccc3)cccc21. The van der Waals surface area contributed by atoms with Crippen molar-refractivity contribution >= 4 is 34.8 Å². The zero-order valence-electron chi connectivity index (χ0n) is 28.5. The van der Waals surface area contributed by atoms with E-state index in [4.69, 9.17) is 4.74 Å². The van der Waals surface area contributed by atoms with E-state index in [9.17, 15) is 4.21 Å². The van der Waals surface area contributed by atoms with Gasteiger partial charge in [-0.15, -0.1) is 0 Å². The highest BCUT2D eigenvalue weighted by molar-refractivity contribution is 7.84. The number of hydrogen-bond acceptors (Lipinski definition) is 2. The number of fused-ring (bicyclic) bond motifs is 2. The van der Waals surface area contributed by atoms with Crippen LogP contribution in [-0.4, -0.2) is 8.96 Å². The largest absolute Gasteiger partial charge is 0.456 e. The first-order chi connectivity index (χ1) is 22.5. The van der Waals surface area contributed by atoms with Gasteiger partial charge in [0.05, 0.1) is 21.8 Å². The van der Waals surface area contributed by atoms with Crippen LogP contribution >= 0.6 is 7.92 Å². The second kappa shape index (κ2) is 11.7. The van der Waals surface area contributed by atoms with Crippen molar-refractivity contribution in [2.75, 3.05) is 0 Å². The molecule has 1 aliphatic heterocycles. The molecule has 0 saturated heterocycles. The fourth-order valence-corrected chi connectivity index (χ4v) is 13.2. The smallest absolute Gasteiger partial charge is 0.139 e. The number of para-hydroxylation sites is 2. The lowest BCUT2D eigenvalue weighted by molar-refractivity contribution is -0.0709. The molecule has 1 unspecified atom stereocenters. The molecule has 1 N–H and O–H groups in total. The van der Waals surface area contributed by atoms with Crippen molar-refractivity contribution < 1.29 is 8.95 Å². The molecule has 4 saturated carbocycles. The van der Waals surface area contributed by atoms with Crippen LogP contribution in [0.1, 0.15) is 95.9 Å². The van der Waals surface area contributed by atoms with Gasteiger partial charge in [-0.05, 0) is 101 Å². The molecule has 4 fully saturated rings. The van der Waals surface area contributed by atoms with Crippen molar-refractivity contribution in [3.05, 3.63) is 114 Å². The van der Waals surface area contributed by atoms with Crippen molar-refractivity contribution in [3.8, 4) is 11.5 Å². The Hall–Kier alpha value is -2.78. The third-order valence-corrected chi connectivity index (χ3v) is 15.7. The summed E-state index contributed by atoms with van der Waals surface area (Å²) in [5.74, 6) is 4.35. The number of benzene rings is 4. The van der Waals surface area contributed by atoms with E-state index in [-0.39, 0.29) is 21.6 Å². The zero-order valence-corrected chi connectivity index (χ0v) is 30.2. The molecule has 4 bridgehead atoms. The third-order valence-electron chi connectivity index (χ3n) is 11.7. The average Bonchev–Trinajstić information content (AvgIpc) is 3.04. The van der Waals surface area contributed by atoms with E-state index in [2.05, 4.69) is 136 Å². The molecule has 0 radical (unpaired) electrons. The van der Waals surface area contributed by atoms with Crippen LogP contribution < -0.4 is 25.4 Å². The van der Waals surface area contributed by atoms with E-state index in [0.29, 0.717) is 0 Å². The van der Waals surface area contributed by atoms with Crippen molar-refractivity contribution in [2.24, 2.45) is 23.2 Å². The minimum atomic E-state index is -1.21. The fraction of sp³-hybridized carbons (Fsp3) is 0.429. The monoisotopic (exact) mass is 661 g/mol. The molecule has 0 amide bonds. The number of ether oxygens (including phenoxy) is 1. The van der Waals surface area contributed by atoms with Crippen LogP contribution in [0.15, 0.2) is 97.1 Å². The molecule has 9 rings (SSSR count). The lowest BCUT2D eigenvalue weighted by Crippen LogP contribution is -2.53. The Balaban J connectivity index is 1.30. The Morgan fingerprint density at radius 2 is 1.23 bits per heavy atom. The van der Waals surface area contributed by atoms with E-state index in [1.54, 1.807) is 0 Å². The van der Waals surface area contributed by atoms with Gasteiger partial charge < -0.3 is 4.74 Å². The van der Waals surface area contributed by atoms with Gasteiger partial charge in [0.25, 0.3) is 0 Å². The maximum absolute atomic E-state index is 14.1. The summed E-state index contributed by atoms with van der Waals surface area (Å²) < 4.78 is 24.9. The van der Waals surface area contributed by atoms with Gasteiger partial charge in [-0.2, -0.15) is 0 Å². The van der Waals surface area contributed by atoms with Crippen LogP contribution in [0.2, 0.25) is 0 Å². The van der Waals surface area contributed by atoms with Gasteiger partial charge >= 0.3 is 0 Å². The fourth-order valence-electron chi connectivity index (χ4n) is 9.85. The minimum absolute atomic E-state index is 0.0276. The second-order valence-electron chi connectivity index (χ2n) is 16.3. The maximum atomic E-state index is 14.1. The van der Waals surface area contributed by atoms with Gasteiger partial charge in [-0.25, -0.2) is 8.93 Å². The molecule has 3 nitrogen and oxygen atoms in total. The van der Waals surface area contributed by atoms with Crippen LogP contribution in [0.3, 0.4) is 0 Å². The van der Waals surface area contributed by atoms with Crippen LogP contribution in [0.25, 0.3) is 0 Å². The minimum Gasteiger partial charge on any atom is -0.456 e. The lowest BCUT2D eigenvalue weighted by atomic mass is 9.47. The summed E-state index contributed by atoms with van der Waals surface area (Å²) >= 11 is 0. The Morgan fingerprint density at radius 3 is 1.77 bits per heavy atom. The predicted octanol–water partition coefficient (Wildman–Crippen LogP) is 9.19. The molecule has 47 heavy (non-hydrogen) atoms. The van der Waals surface area contributed by atoms with Crippen molar-refractivity contribution in [1.29, 1.82) is 0 Å². The second-order valence-corrected chi connectivity index (χ2v) is 20.5. The lowest BCUT2D eigenvalue weighted by Gasteiger charge is -2.59. The quantitative estimate of drug-likeness (QED) is 0.201. The molecule has 4 aliphatic carbocycles. The Kier molecular flexibility index (Phi) is 7.82. The van der Waals surface area contributed by atoms with E-state index >= 15 is 0 Å². The molecule has 4 aromatic carbocycles. The molecule has 5 aliphatic rings. The maximum Gasteiger partial charge on any atom is 0.139 e. The number of hydrogen-bond donors (Lipinski definition) is 1. The summed E-state index contributed by atoms with van der Waals surface area (Å²) in [6.07, 6.45) is 7.80. The highest BCUT2D eigenvalue weighted by Gasteiger charge is 2.56. The molecule has 0 aromatic heterocycles. The molecule has 1 heterocycles. The number of nitrogens with one attached hydrogen (secondary N) is 1. The van der Waals surface area contributed by atoms with E-state index in [1.165, 1.54) is 71.1 Å². The Labute approximate surface area is 285 Å². The summed E-state index contributed by atoms with van der Waals surface area (Å²) in [5.41, 5.74) is 3.48. The molecular formula is C42H48NO2PS. The van der Waals surface area contributed by atoms with Gasteiger partial charge in [-0.1, -0.05) is 111 Å². The van der Waals surface area contributed by atoms with Crippen LogP contribution in [-0.2, 0) is 16.4 Å². The summed E-state index contributed by atoms with van der Waals surface area (Å²) in [5, 5.41) is 3.88. The van der Waals surface area contributed by atoms with Gasteiger partial charge in [0.2, 0.25) is 0 Å². The first-order valence-corrected chi connectivity index (χ1v) is 20.1. The Bertz CT molecular complexity index is 1740. The van der Waals surface area contributed by atoms with Crippen molar-refractivity contribution in [3.63, 3.8) is 0 Å².